The second-order valence-corrected chi connectivity index (χ2v) is 6.00. The molecule has 2 fully saturated rings. The molecule has 23 heavy (non-hydrogen) atoms. The summed E-state index contributed by atoms with van der Waals surface area (Å²) in [6.45, 7) is 2.74. The van der Waals surface area contributed by atoms with Crippen LogP contribution in [0, 0.1) is 11.8 Å². The van der Waals surface area contributed by atoms with Crippen molar-refractivity contribution in [1.82, 2.24) is 20.4 Å². The lowest BCUT2D eigenvalue weighted by Crippen LogP contribution is -2.35. The first-order chi connectivity index (χ1) is 10.8. The molecule has 120 valence electrons. The van der Waals surface area contributed by atoms with E-state index in [1.54, 1.807) is 18.3 Å². The number of hydrogen-bond donors (Lipinski definition) is 1. The molecular weight excluding hydrogens is 312 g/mol. The third-order valence-electron chi connectivity index (χ3n) is 4.76. The highest BCUT2D eigenvalue weighted by molar-refractivity contribution is 5.92. The summed E-state index contributed by atoms with van der Waals surface area (Å²) in [4.78, 5) is 14.8. The van der Waals surface area contributed by atoms with Crippen molar-refractivity contribution < 1.29 is 4.79 Å². The molecule has 3 atom stereocenters. The van der Waals surface area contributed by atoms with E-state index < -0.39 is 0 Å². The highest BCUT2D eigenvalue weighted by Gasteiger charge is 2.47. The molecule has 0 aliphatic carbocycles. The van der Waals surface area contributed by atoms with Crippen molar-refractivity contribution in [2.45, 2.75) is 6.04 Å². The molecule has 0 unspecified atom stereocenters. The predicted octanol–water partition coefficient (Wildman–Crippen LogP) is 1.93. The monoisotopic (exact) mass is 330 g/mol. The quantitative estimate of drug-likeness (QED) is 0.914. The summed E-state index contributed by atoms with van der Waals surface area (Å²) in [6.07, 6.45) is 1.59. The predicted molar refractivity (Wildman–Crippen MR) is 89.3 cm³/mol. The maximum Gasteiger partial charge on any atom is 0.274 e. The van der Waals surface area contributed by atoms with Crippen LogP contribution in [-0.4, -0.2) is 40.6 Å². The van der Waals surface area contributed by atoms with Crippen LogP contribution in [0.4, 0.5) is 0 Å². The average Bonchev–Trinajstić information content (AvgIpc) is 3.16. The molecule has 1 amide bonds. The minimum atomic E-state index is -0.0173. The van der Waals surface area contributed by atoms with Crippen LogP contribution in [0.2, 0.25) is 0 Å². The van der Waals surface area contributed by atoms with Crippen molar-refractivity contribution in [3.8, 4) is 0 Å². The number of carbonyl (C=O) groups excluding carboxylic acids is 1. The number of nitrogens with zero attached hydrogens (tertiary/aromatic N) is 3. The van der Waals surface area contributed by atoms with Gasteiger partial charge in [-0.05, 0) is 23.6 Å². The Hall–Kier alpha value is -1.98. The maximum absolute atomic E-state index is 12.9. The summed E-state index contributed by atoms with van der Waals surface area (Å²) in [7, 11) is 0. The van der Waals surface area contributed by atoms with Gasteiger partial charge in [0.2, 0.25) is 0 Å². The highest BCUT2D eigenvalue weighted by atomic mass is 35.5. The van der Waals surface area contributed by atoms with Gasteiger partial charge in [0.1, 0.15) is 0 Å². The summed E-state index contributed by atoms with van der Waals surface area (Å²) < 4.78 is 0. The lowest BCUT2D eigenvalue weighted by Gasteiger charge is -2.28. The van der Waals surface area contributed by atoms with Gasteiger partial charge in [0.05, 0.1) is 6.04 Å². The molecule has 1 aromatic heterocycles. The summed E-state index contributed by atoms with van der Waals surface area (Å²) >= 11 is 0. The smallest absolute Gasteiger partial charge is 0.274 e. The van der Waals surface area contributed by atoms with Crippen molar-refractivity contribution >= 4 is 18.3 Å². The topological polar surface area (TPSA) is 58.1 Å². The Morgan fingerprint density at radius 3 is 2.70 bits per heavy atom. The van der Waals surface area contributed by atoms with Crippen LogP contribution in [0.25, 0.3) is 0 Å². The van der Waals surface area contributed by atoms with Gasteiger partial charge in [0.25, 0.3) is 5.91 Å². The number of benzene rings is 1. The number of amides is 1. The molecule has 2 saturated heterocycles. The molecule has 3 heterocycles. The van der Waals surface area contributed by atoms with Crippen molar-refractivity contribution in [1.29, 1.82) is 0 Å². The fourth-order valence-corrected chi connectivity index (χ4v) is 3.77. The van der Waals surface area contributed by atoms with Crippen molar-refractivity contribution in [3.05, 3.63) is 59.9 Å². The van der Waals surface area contributed by atoms with Gasteiger partial charge in [-0.3, -0.25) is 4.79 Å². The lowest BCUT2D eigenvalue weighted by molar-refractivity contribution is 0.0707. The van der Waals surface area contributed by atoms with E-state index in [1.807, 2.05) is 23.1 Å². The summed E-state index contributed by atoms with van der Waals surface area (Å²) in [5.41, 5.74) is 1.63. The number of nitrogens with one attached hydrogen (secondary N) is 1. The first-order valence-electron chi connectivity index (χ1n) is 7.69. The minimum Gasteiger partial charge on any atom is -0.330 e. The van der Waals surface area contributed by atoms with Gasteiger partial charge >= 0.3 is 0 Å². The third-order valence-corrected chi connectivity index (χ3v) is 4.76. The average molecular weight is 331 g/mol. The van der Waals surface area contributed by atoms with Crippen LogP contribution in [-0.2, 0) is 0 Å². The molecule has 4 rings (SSSR count). The molecule has 0 saturated carbocycles. The fourth-order valence-electron chi connectivity index (χ4n) is 3.77. The number of hydrogen-bond acceptors (Lipinski definition) is 4. The van der Waals surface area contributed by atoms with Gasteiger partial charge in [0, 0.05) is 31.7 Å². The first kappa shape index (κ1) is 15.9. The van der Waals surface area contributed by atoms with Crippen LogP contribution in [0.3, 0.4) is 0 Å². The molecule has 1 aromatic carbocycles. The Labute approximate surface area is 141 Å². The van der Waals surface area contributed by atoms with E-state index in [0.717, 1.165) is 19.6 Å². The van der Waals surface area contributed by atoms with E-state index in [2.05, 4.69) is 27.6 Å². The standard InChI is InChI=1S/C17H18N4O.ClH/c22-17(15-7-4-8-19-20-15)21-11-13-9-18-10-14(13)16(21)12-5-2-1-3-6-12;/h1-8,13-14,16,18H,9-11H2;1H/t13-,14-,16+;/m0./s1. The second-order valence-electron chi connectivity index (χ2n) is 6.00. The van der Waals surface area contributed by atoms with Crippen molar-refractivity contribution in [2.24, 2.45) is 11.8 Å². The van der Waals surface area contributed by atoms with E-state index >= 15 is 0 Å². The molecule has 2 aliphatic rings. The van der Waals surface area contributed by atoms with Crippen LogP contribution >= 0.6 is 12.4 Å². The van der Waals surface area contributed by atoms with Crippen LogP contribution in [0.1, 0.15) is 22.1 Å². The zero-order chi connectivity index (χ0) is 14.9. The van der Waals surface area contributed by atoms with E-state index in [-0.39, 0.29) is 24.4 Å². The number of rotatable bonds is 2. The number of aromatic nitrogens is 2. The SMILES string of the molecule is Cl.O=C(c1cccnn1)N1C[C@@H]2CNC[C@@H]2[C@H]1c1ccccc1. The normalized spacial score (nSPS) is 25.7. The largest absolute Gasteiger partial charge is 0.330 e. The maximum atomic E-state index is 12.9. The van der Waals surface area contributed by atoms with E-state index in [1.165, 1.54) is 5.56 Å². The molecule has 0 bridgehead atoms. The number of carbonyl (C=O) groups is 1. The van der Waals surface area contributed by atoms with Gasteiger partial charge < -0.3 is 10.2 Å². The highest BCUT2D eigenvalue weighted by Crippen LogP contribution is 2.42. The Kier molecular flexibility index (Phi) is 4.59. The van der Waals surface area contributed by atoms with E-state index in [9.17, 15) is 4.79 Å². The third kappa shape index (κ3) is 2.82. The number of likely N-dealkylation sites (tertiary alicyclic amines) is 1. The van der Waals surface area contributed by atoms with E-state index in [4.69, 9.17) is 0 Å². The zero-order valence-electron chi connectivity index (χ0n) is 12.6. The molecule has 5 nitrogen and oxygen atoms in total. The van der Waals surface area contributed by atoms with Gasteiger partial charge in [0.15, 0.2) is 5.69 Å². The summed E-state index contributed by atoms with van der Waals surface area (Å²) in [6, 6.07) is 13.9. The van der Waals surface area contributed by atoms with E-state index in [0.29, 0.717) is 17.5 Å². The Balaban J connectivity index is 0.00000156. The molecular formula is C17H19ClN4O. The molecule has 0 spiro atoms. The molecule has 6 heteroatoms. The molecule has 2 aliphatic heterocycles. The first-order valence-corrected chi connectivity index (χ1v) is 7.69. The number of halogens is 1. The number of fused-ring (bicyclic) bond motifs is 1. The van der Waals surface area contributed by atoms with Crippen molar-refractivity contribution in [3.63, 3.8) is 0 Å². The van der Waals surface area contributed by atoms with Crippen molar-refractivity contribution in [2.75, 3.05) is 19.6 Å². The molecule has 2 aromatic rings. The summed E-state index contributed by atoms with van der Waals surface area (Å²) in [5.74, 6) is 0.977. The summed E-state index contributed by atoms with van der Waals surface area (Å²) in [5, 5.41) is 11.3. The Morgan fingerprint density at radius 2 is 1.96 bits per heavy atom. The molecule has 1 N–H and O–H groups in total. The fraction of sp³-hybridized carbons (Fsp3) is 0.353. The van der Waals surface area contributed by atoms with Gasteiger partial charge in [-0.15, -0.1) is 17.5 Å². The Morgan fingerprint density at radius 1 is 1.13 bits per heavy atom. The Bertz CT molecular complexity index is 667. The second kappa shape index (κ2) is 6.64. The van der Waals surface area contributed by atoms with Gasteiger partial charge in [-0.1, -0.05) is 30.3 Å². The van der Waals surface area contributed by atoms with Crippen LogP contribution < -0.4 is 5.32 Å². The van der Waals surface area contributed by atoms with Crippen LogP contribution in [0.15, 0.2) is 48.7 Å². The van der Waals surface area contributed by atoms with Gasteiger partial charge in [-0.2, -0.15) is 5.10 Å². The lowest BCUT2D eigenvalue weighted by atomic mass is 9.89. The molecule has 0 radical (unpaired) electrons. The van der Waals surface area contributed by atoms with Gasteiger partial charge in [-0.25, -0.2) is 0 Å². The zero-order valence-corrected chi connectivity index (χ0v) is 13.4. The minimum absolute atomic E-state index is 0. The van der Waals surface area contributed by atoms with Crippen LogP contribution in [0.5, 0.6) is 0 Å².